The van der Waals surface area contributed by atoms with Crippen LogP contribution in [-0.2, 0) is 0 Å². The Kier molecular flexibility index (Phi) is 3.95. The third-order valence-corrected chi connectivity index (χ3v) is 3.28. The number of benzene rings is 2. The summed E-state index contributed by atoms with van der Waals surface area (Å²) in [5.41, 5.74) is 0.272. The Morgan fingerprint density at radius 3 is 2.53 bits per heavy atom. The van der Waals surface area contributed by atoms with Gasteiger partial charge in [0.25, 0.3) is 0 Å². The molecule has 0 saturated carbocycles. The summed E-state index contributed by atoms with van der Waals surface area (Å²) in [6.45, 7) is 0. The van der Waals surface area contributed by atoms with E-state index >= 15 is 0 Å². The first-order chi connectivity index (χ1) is 9.02. The van der Waals surface area contributed by atoms with Crippen molar-refractivity contribution in [2.45, 2.75) is 0 Å². The highest BCUT2D eigenvalue weighted by molar-refractivity contribution is 9.10. The molecule has 0 amide bonds. The smallest absolute Gasteiger partial charge is 0.194 e. The number of methoxy groups -OCH3 is 1. The number of carbonyl (C=O) groups excluding carboxylic acids is 1. The maximum absolute atomic E-state index is 13.5. The molecule has 0 fully saturated rings. The van der Waals surface area contributed by atoms with Crippen molar-refractivity contribution in [1.29, 1.82) is 0 Å². The van der Waals surface area contributed by atoms with Crippen molar-refractivity contribution >= 4 is 21.7 Å². The van der Waals surface area contributed by atoms with E-state index in [1.807, 2.05) is 0 Å². The van der Waals surface area contributed by atoms with Gasteiger partial charge in [-0.25, -0.2) is 8.78 Å². The van der Waals surface area contributed by atoms with Crippen molar-refractivity contribution in [3.8, 4) is 5.75 Å². The third kappa shape index (κ3) is 2.81. The first-order valence-corrected chi connectivity index (χ1v) is 6.15. The molecule has 0 spiro atoms. The third-order valence-electron chi connectivity index (χ3n) is 2.59. The van der Waals surface area contributed by atoms with Crippen LogP contribution < -0.4 is 4.74 Å². The summed E-state index contributed by atoms with van der Waals surface area (Å²) in [6, 6.07) is 7.63. The first-order valence-electron chi connectivity index (χ1n) is 5.36. The van der Waals surface area contributed by atoms with Crippen LogP contribution in [0.4, 0.5) is 8.78 Å². The molecule has 0 saturated heterocycles. The number of ether oxygens (including phenoxy) is 1. The SMILES string of the molecule is COc1ccc(C(=O)c2cc(F)ccc2Br)cc1F. The van der Waals surface area contributed by atoms with Gasteiger partial charge in [-0.15, -0.1) is 0 Å². The molecule has 2 aromatic rings. The number of hydrogen-bond acceptors (Lipinski definition) is 2. The summed E-state index contributed by atoms with van der Waals surface area (Å²) in [5.74, 6) is -1.58. The van der Waals surface area contributed by atoms with Crippen LogP contribution in [0, 0.1) is 11.6 Å². The van der Waals surface area contributed by atoms with Gasteiger partial charge in [0.05, 0.1) is 7.11 Å². The summed E-state index contributed by atoms with van der Waals surface area (Å²) >= 11 is 3.17. The summed E-state index contributed by atoms with van der Waals surface area (Å²) in [4.78, 5) is 12.2. The van der Waals surface area contributed by atoms with E-state index in [0.29, 0.717) is 4.47 Å². The maximum Gasteiger partial charge on any atom is 0.194 e. The molecular weight excluding hydrogens is 318 g/mol. The predicted octanol–water partition coefficient (Wildman–Crippen LogP) is 3.97. The molecule has 0 bridgehead atoms. The van der Waals surface area contributed by atoms with E-state index in [0.717, 1.165) is 12.1 Å². The Bertz CT molecular complexity index is 641. The van der Waals surface area contributed by atoms with Gasteiger partial charge in [0.15, 0.2) is 17.3 Å². The van der Waals surface area contributed by atoms with E-state index in [2.05, 4.69) is 15.9 Å². The molecule has 0 unspecified atom stereocenters. The second-order valence-electron chi connectivity index (χ2n) is 3.80. The Hall–Kier alpha value is -1.75. The normalized spacial score (nSPS) is 10.3. The van der Waals surface area contributed by atoms with Crippen molar-refractivity contribution in [2.24, 2.45) is 0 Å². The molecule has 0 N–H and O–H groups in total. The molecule has 2 nitrogen and oxygen atoms in total. The minimum Gasteiger partial charge on any atom is -0.494 e. The average Bonchev–Trinajstić information content (AvgIpc) is 2.40. The zero-order chi connectivity index (χ0) is 14.0. The topological polar surface area (TPSA) is 26.3 Å². The highest BCUT2D eigenvalue weighted by Gasteiger charge is 2.15. The molecular formula is C14H9BrF2O2. The molecule has 19 heavy (non-hydrogen) atoms. The van der Waals surface area contributed by atoms with E-state index in [4.69, 9.17) is 4.74 Å². The number of carbonyl (C=O) groups is 1. The van der Waals surface area contributed by atoms with Crippen molar-refractivity contribution in [3.05, 3.63) is 63.6 Å². The van der Waals surface area contributed by atoms with Gasteiger partial charge in [-0.3, -0.25) is 4.79 Å². The first kappa shape index (κ1) is 13.7. The van der Waals surface area contributed by atoms with Crippen LogP contribution in [0.5, 0.6) is 5.75 Å². The molecule has 0 aliphatic rings. The van der Waals surface area contributed by atoms with Crippen molar-refractivity contribution < 1.29 is 18.3 Å². The molecule has 0 aliphatic carbocycles. The van der Waals surface area contributed by atoms with Crippen molar-refractivity contribution in [1.82, 2.24) is 0 Å². The van der Waals surface area contributed by atoms with Gasteiger partial charge < -0.3 is 4.74 Å². The zero-order valence-electron chi connectivity index (χ0n) is 9.91. The molecule has 0 heterocycles. The van der Waals surface area contributed by atoms with Crippen LogP contribution >= 0.6 is 15.9 Å². The summed E-state index contributed by atoms with van der Waals surface area (Å²) in [6.07, 6.45) is 0. The number of ketones is 1. The van der Waals surface area contributed by atoms with Gasteiger partial charge in [-0.05, 0) is 36.4 Å². The predicted molar refractivity (Wildman–Crippen MR) is 70.5 cm³/mol. The molecule has 0 aromatic heterocycles. The summed E-state index contributed by atoms with van der Waals surface area (Å²) in [7, 11) is 1.34. The quantitative estimate of drug-likeness (QED) is 0.798. The van der Waals surface area contributed by atoms with E-state index < -0.39 is 17.4 Å². The minimum atomic E-state index is -0.638. The van der Waals surface area contributed by atoms with E-state index in [-0.39, 0.29) is 16.9 Å². The molecule has 0 radical (unpaired) electrons. The van der Waals surface area contributed by atoms with Gasteiger partial charge in [-0.2, -0.15) is 0 Å². The van der Waals surface area contributed by atoms with Crippen LogP contribution in [0.15, 0.2) is 40.9 Å². The Morgan fingerprint density at radius 1 is 1.16 bits per heavy atom. The van der Waals surface area contributed by atoms with Crippen LogP contribution in [0.1, 0.15) is 15.9 Å². The van der Waals surface area contributed by atoms with Crippen LogP contribution in [0.3, 0.4) is 0 Å². The number of rotatable bonds is 3. The lowest BCUT2D eigenvalue weighted by atomic mass is 10.0. The fourth-order valence-electron chi connectivity index (χ4n) is 1.63. The van der Waals surface area contributed by atoms with Crippen LogP contribution in [-0.4, -0.2) is 12.9 Å². The van der Waals surface area contributed by atoms with E-state index in [1.165, 1.54) is 31.4 Å². The fourth-order valence-corrected chi connectivity index (χ4v) is 2.06. The molecule has 2 aromatic carbocycles. The van der Waals surface area contributed by atoms with Crippen molar-refractivity contribution in [3.63, 3.8) is 0 Å². The molecule has 0 aliphatic heterocycles. The highest BCUT2D eigenvalue weighted by Crippen LogP contribution is 2.24. The van der Waals surface area contributed by atoms with Gasteiger partial charge in [0.2, 0.25) is 0 Å². The van der Waals surface area contributed by atoms with E-state index in [9.17, 15) is 13.6 Å². The Balaban J connectivity index is 2.44. The van der Waals surface area contributed by atoms with Gasteiger partial charge in [0, 0.05) is 15.6 Å². The second kappa shape index (κ2) is 5.48. The number of halogens is 3. The van der Waals surface area contributed by atoms with Crippen LogP contribution in [0.2, 0.25) is 0 Å². The molecule has 2 rings (SSSR count). The Labute approximate surface area is 117 Å². The zero-order valence-corrected chi connectivity index (χ0v) is 11.5. The summed E-state index contributed by atoms with van der Waals surface area (Å²) < 4.78 is 31.9. The lowest BCUT2D eigenvalue weighted by Crippen LogP contribution is -2.04. The minimum absolute atomic E-state index is 0.0508. The lowest BCUT2D eigenvalue weighted by Gasteiger charge is -2.06. The standard InChI is InChI=1S/C14H9BrF2O2/c1-19-13-5-2-8(6-12(13)17)14(18)10-7-9(16)3-4-11(10)15/h2-7H,1H3. The molecule has 5 heteroatoms. The van der Waals surface area contributed by atoms with Crippen LogP contribution in [0.25, 0.3) is 0 Å². The van der Waals surface area contributed by atoms with Gasteiger partial charge in [-0.1, -0.05) is 15.9 Å². The Morgan fingerprint density at radius 2 is 1.89 bits per heavy atom. The van der Waals surface area contributed by atoms with Crippen molar-refractivity contribution in [2.75, 3.05) is 7.11 Å². The highest BCUT2D eigenvalue weighted by atomic mass is 79.9. The monoisotopic (exact) mass is 326 g/mol. The molecule has 0 atom stereocenters. The average molecular weight is 327 g/mol. The largest absolute Gasteiger partial charge is 0.494 e. The summed E-state index contributed by atoms with van der Waals surface area (Å²) in [5, 5.41) is 0. The van der Waals surface area contributed by atoms with Gasteiger partial charge in [0.1, 0.15) is 5.82 Å². The maximum atomic E-state index is 13.5. The lowest BCUT2D eigenvalue weighted by molar-refractivity contribution is 0.103. The van der Waals surface area contributed by atoms with E-state index in [1.54, 1.807) is 0 Å². The van der Waals surface area contributed by atoms with Gasteiger partial charge >= 0.3 is 0 Å². The second-order valence-corrected chi connectivity index (χ2v) is 4.66. The fraction of sp³-hybridized carbons (Fsp3) is 0.0714. The number of hydrogen-bond donors (Lipinski definition) is 0. The molecule has 98 valence electrons.